The zero-order chi connectivity index (χ0) is 57.4. The summed E-state index contributed by atoms with van der Waals surface area (Å²) in [6.07, 6.45) is 0.0417. The van der Waals surface area contributed by atoms with Crippen LogP contribution in [-0.2, 0) is 38.4 Å². The minimum absolute atomic E-state index is 0. The van der Waals surface area contributed by atoms with Crippen LogP contribution in [0.1, 0.15) is 151 Å². The van der Waals surface area contributed by atoms with Crippen LogP contribution < -0.4 is 102 Å². The first-order valence-electron chi connectivity index (χ1n) is 21.0. The van der Waals surface area contributed by atoms with Gasteiger partial charge in [0, 0.05) is 40.1 Å². The van der Waals surface area contributed by atoms with Gasteiger partial charge in [0.15, 0.2) is 17.5 Å². The summed E-state index contributed by atoms with van der Waals surface area (Å²) in [5, 5.41) is 34.5. The molecule has 0 saturated heterocycles. The number of Topliss-reactive ketones (excluding diaryl/α,β-unsaturated/α-hetero) is 6. The Labute approximate surface area is 508 Å². The van der Waals surface area contributed by atoms with Crippen LogP contribution in [0.3, 0.4) is 0 Å². The van der Waals surface area contributed by atoms with Crippen LogP contribution in [0, 0.1) is 82.0 Å². The third-order valence-corrected chi connectivity index (χ3v) is 9.77. The van der Waals surface area contributed by atoms with Gasteiger partial charge in [-0.1, -0.05) is 29.7 Å². The van der Waals surface area contributed by atoms with Crippen molar-refractivity contribution in [2.24, 2.45) is 40.9 Å². The molecule has 0 radical (unpaired) electrons. The molecule has 3 rings (SSSR count). The zero-order valence-corrected chi connectivity index (χ0v) is 49.4. The molecule has 2 unspecified atom stereocenters. The van der Waals surface area contributed by atoms with E-state index in [2.05, 4.69) is 19.8 Å². The Kier molecular flexibility index (Phi) is 72.1. The van der Waals surface area contributed by atoms with Gasteiger partial charge in [0.1, 0.15) is 40.5 Å². The molecule has 0 fully saturated rings. The van der Waals surface area contributed by atoms with E-state index in [1.165, 1.54) is 67.5 Å². The number of aryl methyl sites for hydroxylation is 2. The van der Waals surface area contributed by atoms with Crippen molar-refractivity contribution in [2.45, 2.75) is 154 Å². The molecular weight excluding hydrogens is 1060 g/mol. The van der Waals surface area contributed by atoms with E-state index in [4.69, 9.17) is 43.8 Å². The average Bonchev–Trinajstić information content (AvgIpc) is 3.26. The Morgan fingerprint density at radius 3 is 1.04 bits per heavy atom. The number of allylic oxidation sites excluding steroid dienone is 2. The van der Waals surface area contributed by atoms with Gasteiger partial charge in [-0.05, 0) is 134 Å². The van der Waals surface area contributed by atoms with Crippen molar-refractivity contribution in [3.8, 4) is 29.8 Å². The van der Waals surface area contributed by atoms with E-state index in [0.717, 1.165) is 22.3 Å². The fourth-order valence-corrected chi connectivity index (χ4v) is 3.59. The van der Waals surface area contributed by atoms with E-state index in [-0.39, 0.29) is 174 Å². The topological polar surface area (TPSA) is 533 Å². The summed E-state index contributed by atoms with van der Waals surface area (Å²) in [7, 11) is 0. The van der Waals surface area contributed by atoms with Gasteiger partial charge in [0.2, 0.25) is 17.7 Å². The number of ketones is 6. The average molecular weight is 1150 g/mol. The number of aromatic nitrogens is 3. The molecule has 0 spiro atoms. The smallest absolute Gasteiger partial charge is 0.870 e. The van der Waals surface area contributed by atoms with Crippen molar-refractivity contribution >= 4 is 46.5 Å². The number of nitrogens with one attached hydrogen (secondary N) is 3. The van der Waals surface area contributed by atoms with Gasteiger partial charge >= 0.3 is 51.4 Å². The van der Waals surface area contributed by atoms with Crippen LogP contribution in [0.4, 0.5) is 0 Å². The molecule has 19 N–H and O–H groups in total. The Bertz CT molecular complexity index is 2430. The zero-order valence-electron chi connectivity index (χ0n) is 46.2. The second-order valence-electron chi connectivity index (χ2n) is 15.5. The quantitative estimate of drug-likeness (QED) is 0.0631. The summed E-state index contributed by atoms with van der Waals surface area (Å²) in [4.78, 5) is 126. The fourth-order valence-electron chi connectivity index (χ4n) is 3.59. The molecule has 0 aromatic carbocycles. The molecule has 448 valence electrons. The molecule has 3 aromatic heterocycles. The Balaban J connectivity index is -0.0000000570. The van der Waals surface area contributed by atoms with Gasteiger partial charge in [-0.3, -0.25) is 67.7 Å². The van der Waals surface area contributed by atoms with Crippen LogP contribution in [0.5, 0.6) is 17.6 Å². The summed E-state index contributed by atoms with van der Waals surface area (Å²) < 4.78 is 0. The number of rotatable bonds is 9. The number of nitrogens with two attached hydrogens (primary N) is 4. The Hall–Kier alpha value is -6.79. The number of amides is 2. The fraction of sp³-hybridized carbons (Fsp3) is 0.481. The Morgan fingerprint density at radius 2 is 0.899 bits per heavy atom. The third-order valence-electron chi connectivity index (χ3n) is 9.77. The summed E-state index contributed by atoms with van der Waals surface area (Å²) in [6, 6.07) is 6.44. The molecule has 79 heavy (non-hydrogen) atoms. The first-order chi connectivity index (χ1) is 32.3. The van der Waals surface area contributed by atoms with E-state index in [9.17, 15) is 52.7 Å². The molecule has 3 aromatic rings. The normalized spacial score (nSPS) is 9.38. The van der Waals surface area contributed by atoms with Gasteiger partial charge < -0.3 is 49.4 Å². The molecule has 2 amide bonds. The van der Waals surface area contributed by atoms with Crippen molar-refractivity contribution in [2.75, 3.05) is 0 Å². The van der Waals surface area contributed by atoms with E-state index < -0.39 is 35.1 Å². The predicted octanol–water partition coefficient (Wildman–Crippen LogP) is 1.73. The minimum atomic E-state index is -0.630. The van der Waals surface area contributed by atoms with Crippen molar-refractivity contribution in [1.29, 1.82) is 10.5 Å². The van der Waals surface area contributed by atoms with Crippen molar-refractivity contribution in [1.82, 2.24) is 21.1 Å². The van der Waals surface area contributed by atoms with E-state index in [1.807, 2.05) is 6.07 Å². The maximum Gasteiger partial charge on any atom is 1.00 e. The number of carbonyl (C=O) groups excluding carboxylic acids is 8. The monoisotopic (exact) mass is 1150 g/mol. The van der Waals surface area contributed by atoms with E-state index >= 15 is 0 Å². The SMILES string of the molecule is C.C.C.C.CC(=O)/C(C)=C(/C)N.CC(=O)C(C)C(C)=O.CC(=O)C(C)C(N)=O.CC(=O)C(C)C(N)=O.CC(=O)CC#N.Cc1c(ON)[nH]c(=O)c(C#N)c1C.Cc1cc(=O)[nH]c(O)c1C.Cc1cc(=O)[nH]c(O)c1C.N.O.[K+].[OH-]. The van der Waals surface area contributed by atoms with Gasteiger partial charge in [-0.15, -0.1) is 0 Å². The molecule has 0 saturated carbocycles. The molecule has 0 aliphatic rings. The second kappa shape index (κ2) is 54.6. The molecule has 0 aliphatic heterocycles. The molecule has 0 bridgehead atoms. The number of hydrogen-bond acceptors (Lipinski definition) is 20. The van der Waals surface area contributed by atoms with Crippen molar-refractivity contribution in [3.05, 3.63) is 93.4 Å². The molecule has 3 heterocycles. The predicted molar refractivity (Wildman–Crippen MR) is 303 cm³/mol. The maximum atomic E-state index is 11.2. The standard InChI is InChI=1S/C8H9N3O2.2C7H9NO2.C6H11NO.C6H10O2.2C5H9NO2.C4H5NO.4CH4.K.H3N.2H2O/c1-4-5(2)8(13-10)11-7(12)6(4)3-9;2*1-4-3-6(9)8-7(10)5(4)2;2*1-4(5(2)7)6(3)8;2*1-3(4(2)7)5(6)8;1-4(6)2-3-5;;;;;;;;/h10H2,1-2H3,(H,11,12);2*3H,1-2H3,(H2,8,9,10);7H2,1-3H3;4H,1-3H3;2*3H,1-2H3,(H2,6,8);2H2,1H3;4*1H4;;1H3;2*1H2/q;;;;;;;;;;;;+1;;;/p-1/b;;;5-4-;;;;;;;;;;;;. The van der Waals surface area contributed by atoms with Crippen LogP contribution in [-0.4, -0.2) is 82.6 Å². The summed E-state index contributed by atoms with van der Waals surface area (Å²) in [5.74, 6) is 1.76. The Morgan fingerprint density at radius 1 is 0.595 bits per heavy atom. The summed E-state index contributed by atoms with van der Waals surface area (Å²) in [5.41, 5.74) is 19.5. The number of carbonyl (C=O) groups is 8. The number of nitrogens with zero attached hydrogens (tertiary/aromatic N) is 2. The minimum Gasteiger partial charge on any atom is -0.870 e. The number of aromatic amines is 3. The number of hydrogen-bond donors (Lipinski definition) is 10. The van der Waals surface area contributed by atoms with Crippen LogP contribution in [0.25, 0.3) is 0 Å². The molecule has 0 aliphatic carbocycles. The van der Waals surface area contributed by atoms with Crippen molar-refractivity contribution < 1.29 is 116 Å². The second-order valence-corrected chi connectivity index (χ2v) is 15.5. The summed E-state index contributed by atoms with van der Waals surface area (Å²) >= 11 is 0. The largest absolute Gasteiger partial charge is 1.00 e. The van der Waals surface area contributed by atoms with Crippen LogP contribution in [0.15, 0.2) is 37.8 Å². The van der Waals surface area contributed by atoms with Gasteiger partial charge in [0.05, 0.1) is 30.2 Å². The molecule has 26 nitrogen and oxygen atoms in total. The van der Waals surface area contributed by atoms with Crippen LogP contribution in [0.2, 0.25) is 0 Å². The van der Waals surface area contributed by atoms with Gasteiger partial charge in [-0.25, -0.2) is 0 Å². The summed E-state index contributed by atoms with van der Waals surface area (Å²) in [6.45, 7) is 26.9. The molecule has 2 atom stereocenters. The molecule has 27 heteroatoms. The van der Waals surface area contributed by atoms with Gasteiger partial charge in [-0.2, -0.15) is 16.4 Å². The first kappa shape index (κ1) is 104. The third kappa shape index (κ3) is 48.1. The molecular formula is C52H93KN10O16. The van der Waals surface area contributed by atoms with Gasteiger partial charge in [0.25, 0.3) is 16.7 Å². The van der Waals surface area contributed by atoms with E-state index in [0.29, 0.717) is 22.4 Å². The van der Waals surface area contributed by atoms with Crippen LogP contribution >= 0.6 is 0 Å². The number of aromatic hydroxyl groups is 2. The number of pyridine rings is 3. The number of primary amides is 2. The number of nitriles is 2. The maximum absolute atomic E-state index is 11.2. The van der Waals surface area contributed by atoms with E-state index in [1.54, 1.807) is 68.4 Å². The first-order valence-corrected chi connectivity index (χ1v) is 21.0. The number of H-pyrrole nitrogens is 3. The van der Waals surface area contributed by atoms with Crippen molar-refractivity contribution in [3.63, 3.8) is 0 Å².